The fraction of sp³-hybridized carbons (Fsp3) is 0.0417. The summed E-state index contributed by atoms with van der Waals surface area (Å²) in [6, 6.07) is 18.5. The van der Waals surface area contributed by atoms with Crippen LogP contribution >= 0.6 is 11.6 Å². The molecule has 1 aliphatic heterocycles. The van der Waals surface area contributed by atoms with Gasteiger partial charge in [-0.1, -0.05) is 23.7 Å². The number of anilines is 3. The number of rotatable bonds is 6. The van der Waals surface area contributed by atoms with Crippen molar-refractivity contribution in [1.82, 2.24) is 0 Å². The number of para-hydroxylation sites is 1. The zero-order valence-electron chi connectivity index (χ0n) is 17.3. The number of nitrogens with one attached hydrogen (secondary N) is 2. The quantitative estimate of drug-likeness (QED) is 0.522. The standard InChI is InChI=1S/C24H17ClFN3O4/c1-33-17-12-10-16(11-13-17)28-22(30)14-6-8-15(9-7-14)27-21-20(25)23(31)29(24(21)32)19-5-3-2-4-18(19)26/h2-13,27H,1H3,(H,28,30). The molecule has 7 nitrogen and oxygen atoms in total. The van der Waals surface area contributed by atoms with E-state index in [1.807, 2.05) is 0 Å². The van der Waals surface area contributed by atoms with E-state index in [1.165, 1.54) is 18.2 Å². The largest absolute Gasteiger partial charge is 0.497 e. The summed E-state index contributed by atoms with van der Waals surface area (Å²) in [5.41, 5.74) is 1.02. The maximum Gasteiger partial charge on any atom is 0.283 e. The average Bonchev–Trinajstić information content (AvgIpc) is 3.03. The molecule has 0 aliphatic carbocycles. The molecule has 166 valence electrons. The van der Waals surface area contributed by atoms with Crippen molar-refractivity contribution < 1.29 is 23.5 Å². The van der Waals surface area contributed by atoms with Crippen molar-refractivity contribution in [2.24, 2.45) is 0 Å². The van der Waals surface area contributed by atoms with E-state index in [-0.39, 0.29) is 22.3 Å². The smallest absolute Gasteiger partial charge is 0.283 e. The SMILES string of the molecule is COc1ccc(NC(=O)c2ccc(NC3=C(Cl)C(=O)N(c4ccccc4F)C3=O)cc2)cc1. The predicted molar refractivity (Wildman–Crippen MR) is 123 cm³/mol. The first-order valence-corrected chi connectivity index (χ1v) is 10.1. The Morgan fingerprint density at radius 2 is 1.55 bits per heavy atom. The average molecular weight is 466 g/mol. The van der Waals surface area contributed by atoms with E-state index in [4.69, 9.17) is 16.3 Å². The van der Waals surface area contributed by atoms with Crippen molar-refractivity contribution in [2.75, 3.05) is 22.6 Å². The van der Waals surface area contributed by atoms with E-state index in [1.54, 1.807) is 55.6 Å². The molecule has 0 spiro atoms. The number of halogens is 2. The fourth-order valence-corrected chi connectivity index (χ4v) is 3.40. The van der Waals surface area contributed by atoms with Crippen molar-refractivity contribution in [3.05, 3.63) is 94.9 Å². The van der Waals surface area contributed by atoms with Gasteiger partial charge in [-0.2, -0.15) is 0 Å². The first-order valence-electron chi connectivity index (χ1n) is 9.74. The van der Waals surface area contributed by atoms with Gasteiger partial charge < -0.3 is 15.4 Å². The lowest BCUT2D eigenvalue weighted by Gasteiger charge is -2.15. The highest BCUT2D eigenvalue weighted by Crippen LogP contribution is 2.31. The summed E-state index contributed by atoms with van der Waals surface area (Å²) in [7, 11) is 1.55. The number of carbonyl (C=O) groups excluding carboxylic acids is 3. The van der Waals surface area contributed by atoms with Crippen molar-refractivity contribution in [3.8, 4) is 5.75 Å². The van der Waals surface area contributed by atoms with Gasteiger partial charge in [0.2, 0.25) is 0 Å². The lowest BCUT2D eigenvalue weighted by atomic mass is 10.2. The van der Waals surface area contributed by atoms with Gasteiger partial charge >= 0.3 is 0 Å². The summed E-state index contributed by atoms with van der Waals surface area (Å²) in [6.07, 6.45) is 0. The van der Waals surface area contributed by atoms with Gasteiger partial charge in [-0.15, -0.1) is 0 Å². The van der Waals surface area contributed by atoms with E-state index in [0.717, 1.165) is 6.07 Å². The van der Waals surface area contributed by atoms with Gasteiger partial charge in [0.15, 0.2) is 0 Å². The highest BCUT2D eigenvalue weighted by Gasteiger charge is 2.40. The van der Waals surface area contributed by atoms with Crippen LogP contribution in [-0.2, 0) is 9.59 Å². The number of carbonyl (C=O) groups is 3. The van der Waals surface area contributed by atoms with E-state index in [0.29, 0.717) is 27.6 Å². The van der Waals surface area contributed by atoms with Crippen molar-refractivity contribution >= 4 is 46.4 Å². The Morgan fingerprint density at radius 3 is 2.18 bits per heavy atom. The van der Waals surface area contributed by atoms with Crippen LogP contribution in [0, 0.1) is 5.82 Å². The lowest BCUT2D eigenvalue weighted by molar-refractivity contribution is -0.120. The molecule has 3 aromatic rings. The molecule has 1 heterocycles. The zero-order chi connectivity index (χ0) is 23.5. The second kappa shape index (κ2) is 9.13. The molecule has 0 radical (unpaired) electrons. The second-order valence-corrected chi connectivity index (χ2v) is 7.35. The summed E-state index contributed by atoms with van der Waals surface area (Å²) >= 11 is 6.07. The fourth-order valence-electron chi connectivity index (χ4n) is 3.19. The summed E-state index contributed by atoms with van der Waals surface area (Å²) in [6.45, 7) is 0. The molecular weight excluding hydrogens is 449 g/mol. The predicted octanol–water partition coefficient (Wildman–Crippen LogP) is 4.52. The van der Waals surface area contributed by atoms with Crippen LogP contribution in [0.4, 0.5) is 21.5 Å². The Kier molecular flexibility index (Phi) is 6.10. The molecule has 4 rings (SSSR count). The van der Waals surface area contributed by atoms with Crippen LogP contribution in [0.15, 0.2) is 83.5 Å². The second-order valence-electron chi connectivity index (χ2n) is 6.97. The minimum absolute atomic E-state index is 0.180. The van der Waals surface area contributed by atoms with Gasteiger partial charge in [-0.3, -0.25) is 14.4 Å². The number of hydrogen-bond donors (Lipinski definition) is 2. The Balaban J connectivity index is 1.47. The number of nitrogens with zero attached hydrogens (tertiary/aromatic N) is 1. The zero-order valence-corrected chi connectivity index (χ0v) is 18.0. The summed E-state index contributed by atoms with van der Waals surface area (Å²) < 4.78 is 19.2. The molecule has 0 atom stereocenters. The van der Waals surface area contributed by atoms with E-state index in [2.05, 4.69) is 10.6 Å². The third kappa shape index (κ3) is 4.42. The van der Waals surface area contributed by atoms with Crippen molar-refractivity contribution in [2.45, 2.75) is 0 Å². The molecule has 0 bridgehead atoms. The van der Waals surface area contributed by atoms with Gasteiger partial charge in [0.05, 0.1) is 12.8 Å². The highest BCUT2D eigenvalue weighted by molar-refractivity contribution is 6.53. The van der Waals surface area contributed by atoms with Crippen molar-refractivity contribution in [1.29, 1.82) is 0 Å². The van der Waals surface area contributed by atoms with Gasteiger partial charge in [-0.25, -0.2) is 9.29 Å². The minimum Gasteiger partial charge on any atom is -0.497 e. The van der Waals surface area contributed by atoms with Crippen molar-refractivity contribution in [3.63, 3.8) is 0 Å². The monoisotopic (exact) mass is 465 g/mol. The van der Waals surface area contributed by atoms with Crippen LogP contribution in [0.3, 0.4) is 0 Å². The molecule has 1 aliphatic rings. The Labute approximate surface area is 193 Å². The Morgan fingerprint density at radius 1 is 0.909 bits per heavy atom. The minimum atomic E-state index is -0.829. The van der Waals surface area contributed by atoms with Crippen LogP contribution in [0.1, 0.15) is 10.4 Å². The number of ether oxygens (including phenoxy) is 1. The third-order valence-electron chi connectivity index (χ3n) is 4.88. The van der Waals surface area contributed by atoms with Gasteiger partial charge in [0.1, 0.15) is 22.3 Å². The maximum absolute atomic E-state index is 14.1. The Bertz CT molecular complexity index is 1270. The summed E-state index contributed by atoms with van der Waals surface area (Å²) in [4.78, 5) is 38.4. The van der Waals surface area contributed by atoms with E-state index >= 15 is 0 Å². The van der Waals surface area contributed by atoms with Crippen LogP contribution in [0.5, 0.6) is 5.75 Å². The van der Waals surface area contributed by atoms with E-state index < -0.39 is 17.6 Å². The summed E-state index contributed by atoms with van der Waals surface area (Å²) in [5, 5.41) is 5.19. The molecule has 33 heavy (non-hydrogen) atoms. The van der Waals surface area contributed by atoms with E-state index in [9.17, 15) is 18.8 Å². The van der Waals surface area contributed by atoms with Gasteiger partial charge in [-0.05, 0) is 60.7 Å². The first kappa shape index (κ1) is 22.0. The first-order chi connectivity index (χ1) is 15.9. The topological polar surface area (TPSA) is 87.7 Å². The molecule has 0 aromatic heterocycles. The molecule has 0 saturated heterocycles. The number of amides is 3. The van der Waals surface area contributed by atoms with Crippen LogP contribution in [-0.4, -0.2) is 24.8 Å². The molecule has 0 saturated carbocycles. The lowest BCUT2D eigenvalue weighted by Crippen LogP contribution is -2.33. The molecule has 0 fully saturated rings. The normalized spacial score (nSPS) is 13.4. The third-order valence-corrected chi connectivity index (χ3v) is 5.24. The van der Waals surface area contributed by atoms with Crippen LogP contribution < -0.4 is 20.3 Å². The number of benzene rings is 3. The summed E-state index contributed by atoms with van der Waals surface area (Å²) in [5.74, 6) is -2.00. The van der Waals surface area contributed by atoms with Crippen LogP contribution in [0.25, 0.3) is 0 Å². The number of methoxy groups -OCH3 is 1. The molecule has 3 aromatic carbocycles. The highest BCUT2D eigenvalue weighted by atomic mass is 35.5. The molecule has 0 unspecified atom stereocenters. The Hall–Kier alpha value is -4.17. The van der Waals surface area contributed by atoms with Gasteiger partial charge in [0.25, 0.3) is 17.7 Å². The molecular formula is C24H17ClFN3O4. The van der Waals surface area contributed by atoms with Gasteiger partial charge in [0, 0.05) is 16.9 Å². The number of hydrogen-bond acceptors (Lipinski definition) is 5. The number of imide groups is 1. The van der Waals surface area contributed by atoms with Crippen LogP contribution in [0.2, 0.25) is 0 Å². The maximum atomic E-state index is 14.1. The molecule has 2 N–H and O–H groups in total. The molecule has 3 amide bonds. The molecule has 9 heteroatoms.